The van der Waals surface area contributed by atoms with Crippen LogP contribution in [0.25, 0.3) is 0 Å². The quantitative estimate of drug-likeness (QED) is 0.794. The monoisotopic (exact) mass is 356 g/mol. The molecule has 0 unspecified atom stereocenters. The van der Waals surface area contributed by atoms with Gasteiger partial charge in [-0.2, -0.15) is 0 Å². The number of nitrogens with one attached hydrogen (secondary N) is 1. The van der Waals surface area contributed by atoms with Crippen molar-refractivity contribution in [3.8, 4) is 11.5 Å². The molecule has 3 N–H and O–H groups in total. The van der Waals surface area contributed by atoms with Gasteiger partial charge >= 0.3 is 0 Å². The molecular formula is C14H14BrClN2O2. The summed E-state index contributed by atoms with van der Waals surface area (Å²) in [5.41, 5.74) is 8.00. The number of methoxy groups -OCH3 is 2. The van der Waals surface area contributed by atoms with Gasteiger partial charge in [-0.3, -0.25) is 0 Å². The van der Waals surface area contributed by atoms with Crippen molar-refractivity contribution < 1.29 is 9.47 Å². The minimum Gasteiger partial charge on any atom is -0.493 e. The number of ether oxygens (including phenoxy) is 2. The zero-order valence-electron chi connectivity index (χ0n) is 11.0. The second-order valence-electron chi connectivity index (χ2n) is 4.04. The lowest BCUT2D eigenvalue weighted by Gasteiger charge is -2.15. The Bertz CT molecular complexity index is 635. The van der Waals surface area contributed by atoms with Gasteiger partial charge in [0.1, 0.15) is 0 Å². The summed E-state index contributed by atoms with van der Waals surface area (Å²) in [6.07, 6.45) is 0. The standard InChI is InChI=1S/C14H14BrClN2O2/c1-19-13-6-10(17)12(7-14(13)20-2)18-11-4-3-8(15)5-9(11)16/h3-7,18H,17H2,1-2H3. The van der Waals surface area contributed by atoms with Gasteiger partial charge in [-0.1, -0.05) is 27.5 Å². The highest BCUT2D eigenvalue weighted by Crippen LogP contribution is 2.37. The van der Waals surface area contributed by atoms with Crippen molar-refractivity contribution >= 4 is 44.6 Å². The van der Waals surface area contributed by atoms with Gasteiger partial charge < -0.3 is 20.5 Å². The summed E-state index contributed by atoms with van der Waals surface area (Å²) in [6, 6.07) is 9.04. The van der Waals surface area contributed by atoms with Gasteiger partial charge in [0.05, 0.1) is 36.3 Å². The van der Waals surface area contributed by atoms with Crippen LogP contribution in [0.2, 0.25) is 5.02 Å². The van der Waals surface area contributed by atoms with E-state index in [-0.39, 0.29) is 0 Å². The van der Waals surface area contributed by atoms with Crippen LogP contribution in [0.1, 0.15) is 0 Å². The van der Waals surface area contributed by atoms with Crippen molar-refractivity contribution in [2.75, 3.05) is 25.3 Å². The highest BCUT2D eigenvalue weighted by atomic mass is 79.9. The summed E-state index contributed by atoms with van der Waals surface area (Å²) in [6.45, 7) is 0. The van der Waals surface area contributed by atoms with E-state index in [1.54, 1.807) is 32.4 Å². The molecule has 106 valence electrons. The lowest BCUT2D eigenvalue weighted by molar-refractivity contribution is 0.355. The molecule has 20 heavy (non-hydrogen) atoms. The number of rotatable bonds is 4. The average molecular weight is 358 g/mol. The van der Waals surface area contributed by atoms with E-state index >= 15 is 0 Å². The van der Waals surface area contributed by atoms with Gasteiger partial charge in [0, 0.05) is 16.6 Å². The maximum Gasteiger partial charge on any atom is 0.162 e. The zero-order valence-corrected chi connectivity index (χ0v) is 13.4. The molecule has 0 atom stereocenters. The SMILES string of the molecule is COc1cc(N)c(Nc2ccc(Br)cc2Cl)cc1OC. The Morgan fingerprint density at radius 3 is 2.30 bits per heavy atom. The number of nitrogen functional groups attached to an aromatic ring is 1. The lowest BCUT2D eigenvalue weighted by Crippen LogP contribution is -1.99. The molecule has 0 radical (unpaired) electrons. The Hall–Kier alpha value is -1.59. The molecule has 6 heteroatoms. The number of halogens is 2. The summed E-state index contributed by atoms with van der Waals surface area (Å²) >= 11 is 9.54. The third-order valence-corrected chi connectivity index (χ3v) is 3.56. The normalized spacial score (nSPS) is 10.2. The van der Waals surface area contributed by atoms with E-state index in [4.69, 9.17) is 26.8 Å². The Morgan fingerprint density at radius 1 is 1.05 bits per heavy atom. The fourth-order valence-corrected chi connectivity index (χ4v) is 2.46. The molecule has 0 heterocycles. The smallest absolute Gasteiger partial charge is 0.162 e. The molecule has 2 aromatic carbocycles. The first-order valence-corrected chi connectivity index (χ1v) is 6.96. The number of nitrogens with two attached hydrogens (primary N) is 1. The van der Waals surface area contributed by atoms with Crippen molar-refractivity contribution in [2.45, 2.75) is 0 Å². The van der Waals surface area contributed by atoms with Crippen molar-refractivity contribution in [3.05, 3.63) is 39.8 Å². The first kappa shape index (κ1) is 14.8. The van der Waals surface area contributed by atoms with E-state index in [0.29, 0.717) is 27.9 Å². The summed E-state index contributed by atoms with van der Waals surface area (Å²) in [5, 5.41) is 3.77. The van der Waals surface area contributed by atoms with Crippen molar-refractivity contribution in [1.29, 1.82) is 0 Å². The van der Waals surface area contributed by atoms with Gasteiger partial charge in [-0.05, 0) is 18.2 Å². The van der Waals surface area contributed by atoms with Gasteiger partial charge in [-0.25, -0.2) is 0 Å². The van der Waals surface area contributed by atoms with Crippen molar-refractivity contribution in [3.63, 3.8) is 0 Å². The Morgan fingerprint density at radius 2 is 1.70 bits per heavy atom. The Kier molecular flexibility index (Phi) is 4.62. The first-order valence-electron chi connectivity index (χ1n) is 5.78. The molecule has 0 aliphatic heterocycles. The van der Waals surface area contributed by atoms with Gasteiger partial charge in [-0.15, -0.1) is 0 Å². The summed E-state index contributed by atoms with van der Waals surface area (Å²) in [5.74, 6) is 1.18. The number of hydrogen-bond acceptors (Lipinski definition) is 4. The van der Waals surface area contributed by atoms with E-state index < -0.39 is 0 Å². The molecule has 0 amide bonds. The molecule has 0 bridgehead atoms. The second-order valence-corrected chi connectivity index (χ2v) is 5.37. The zero-order chi connectivity index (χ0) is 14.7. The number of benzene rings is 2. The Labute approximate surface area is 131 Å². The largest absolute Gasteiger partial charge is 0.493 e. The van der Waals surface area contributed by atoms with E-state index in [1.807, 2.05) is 12.1 Å². The van der Waals surface area contributed by atoms with Crippen molar-refractivity contribution in [2.24, 2.45) is 0 Å². The van der Waals surface area contributed by atoms with Gasteiger partial charge in [0.25, 0.3) is 0 Å². The van der Waals surface area contributed by atoms with Crippen LogP contribution in [-0.2, 0) is 0 Å². The van der Waals surface area contributed by atoms with Crippen LogP contribution in [0.4, 0.5) is 17.1 Å². The molecule has 0 spiro atoms. The maximum atomic E-state index is 6.17. The molecule has 0 fully saturated rings. The predicted octanol–water partition coefficient (Wildman–Crippen LogP) is 4.45. The molecule has 0 aliphatic rings. The van der Waals surface area contributed by atoms with E-state index in [2.05, 4.69) is 21.2 Å². The number of anilines is 3. The van der Waals surface area contributed by atoms with Gasteiger partial charge in [0.2, 0.25) is 0 Å². The minimum absolute atomic E-state index is 0.543. The summed E-state index contributed by atoms with van der Waals surface area (Å²) < 4.78 is 11.4. The molecule has 4 nitrogen and oxygen atoms in total. The molecule has 2 rings (SSSR count). The van der Waals surface area contributed by atoms with E-state index in [0.717, 1.165) is 10.2 Å². The molecule has 0 saturated heterocycles. The molecule has 0 aromatic heterocycles. The minimum atomic E-state index is 0.543. The molecule has 2 aromatic rings. The van der Waals surface area contributed by atoms with E-state index in [9.17, 15) is 0 Å². The first-order chi connectivity index (χ1) is 9.55. The topological polar surface area (TPSA) is 56.5 Å². The number of hydrogen-bond donors (Lipinski definition) is 2. The third-order valence-electron chi connectivity index (χ3n) is 2.76. The molecule has 0 saturated carbocycles. The van der Waals surface area contributed by atoms with E-state index in [1.165, 1.54) is 0 Å². The Balaban J connectivity index is 2.38. The molecular weight excluding hydrogens is 344 g/mol. The maximum absolute atomic E-state index is 6.17. The highest BCUT2D eigenvalue weighted by Gasteiger charge is 2.10. The summed E-state index contributed by atoms with van der Waals surface area (Å²) in [7, 11) is 3.14. The van der Waals surface area contributed by atoms with Crippen LogP contribution in [0.3, 0.4) is 0 Å². The lowest BCUT2D eigenvalue weighted by atomic mass is 10.2. The third kappa shape index (κ3) is 3.11. The average Bonchev–Trinajstić information content (AvgIpc) is 2.43. The van der Waals surface area contributed by atoms with Crippen molar-refractivity contribution in [1.82, 2.24) is 0 Å². The van der Waals surface area contributed by atoms with Crippen LogP contribution in [-0.4, -0.2) is 14.2 Å². The second kappa shape index (κ2) is 6.24. The predicted molar refractivity (Wildman–Crippen MR) is 86.4 cm³/mol. The van der Waals surface area contributed by atoms with Crippen LogP contribution in [0.5, 0.6) is 11.5 Å². The highest BCUT2D eigenvalue weighted by molar-refractivity contribution is 9.10. The van der Waals surface area contributed by atoms with Gasteiger partial charge in [0.15, 0.2) is 11.5 Å². The fourth-order valence-electron chi connectivity index (χ4n) is 1.74. The van der Waals surface area contributed by atoms with Crippen LogP contribution in [0.15, 0.2) is 34.8 Å². The summed E-state index contributed by atoms with van der Waals surface area (Å²) in [4.78, 5) is 0. The van der Waals surface area contributed by atoms with Crippen LogP contribution in [0, 0.1) is 0 Å². The van der Waals surface area contributed by atoms with Crippen LogP contribution >= 0.6 is 27.5 Å². The molecule has 0 aliphatic carbocycles. The van der Waals surface area contributed by atoms with Crippen LogP contribution < -0.4 is 20.5 Å². The fraction of sp³-hybridized carbons (Fsp3) is 0.143.